The number of amides is 2. The molecule has 7 heteroatoms. The molecule has 0 spiro atoms. The molecule has 116 valence electrons. The molecule has 2 N–H and O–H groups in total. The summed E-state index contributed by atoms with van der Waals surface area (Å²) in [6, 6.07) is 5.27. The van der Waals surface area contributed by atoms with Gasteiger partial charge >= 0.3 is 0 Å². The molecule has 0 saturated carbocycles. The fourth-order valence-electron chi connectivity index (χ4n) is 1.53. The fourth-order valence-corrected chi connectivity index (χ4v) is 2.41. The van der Waals surface area contributed by atoms with Crippen molar-refractivity contribution in [1.82, 2.24) is 5.32 Å². The lowest BCUT2D eigenvalue weighted by Gasteiger charge is -2.08. The highest BCUT2D eigenvalue weighted by Gasteiger charge is 2.07. The summed E-state index contributed by atoms with van der Waals surface area (Å²) in [4.78, 5) is 23.2. The van der Waals surface area contributed by atoms with Crippen LogP contribution in [0.2, 0.25) is 5.02 Å². The van der Waals surface area contributed by atoms with Crippen molar-refractivity contribution < 1.29 is 14.3 Å². The van der Waals surface area contributed by atoms with Crippen molar-refractivity contribution in [2.75, 3.05) is 37.1 Å². The van der Waals surface area contributed by atoms with Gasteiger partial charge in [0.15, 0.2) is 0 Å². The van der Waals surface area contributed by atoms with Gasteiger partial charge in [0.25, 0.3) is 0 Å². The zero-order valence-electron chi connectivity index (χ0n) is 12.1. The molecule has 0 bridgehead atoms. The average molecular weight is 331 g/mol. The van der Waals surface area contributed by atoms with Crippen molar-refractivity contribution in [3.05, 3.63) is 28.8 Å². The summed E-state index contributed by atoms with van der Waals surface area (Å²) in [5, 5.41) is 6.12. The highest BCUT2D eigenvalue weighted by Crippen LogP contribution is 2.19. The summed E-state index contributed by atoms with van der Waals surface area (Å²) in [5.41, 5.74) is 1.63. The van der Waals surface area contributed by atoms with Crippen LogP contribution in [0.25, 0.3) is 0 Å². The monoisotopic (exact) mass is 330 g/mol. The standard InChI is InChI=1S/C14H19ClN2O3S/c1-10-7-11(15)3-4-12(10)17-14(19)9-21-8-13(18)16-5-6-20-2/h3-4,7H,5-6,8-9H2,1-2H3,(H,16,18)(H,17,19). The van der Waals surface area contributed by atoms with Crippen molar-refractivity contribution in [2.45, 2.75) is 6.92 Å². The first-order valence-corrected chi connectivity index (χ1v) is 7.95. The number of aryl methyl sites for hydroxylation is 1. The van der Waals surface area contributed by atoms with Crippen molar-refractivity contribution in [3.8, 4) is 0 Å². The third-order valence-corrected chi connectivity index (χ3v) is 3.72. The fraction of sp³-hybridized carbons (Fsp3) is 0.429. The number of hydrogen-bond donors (Lipinski definition) is 2. The second-order valence-electron chi connectivity index (χ2n) is 4.34. The Balaban J connectivity index is 2.26. The van der Waals surface area contributed by atoms with Crippen LogP contribution in [0.4, 0.5) is 5.69 Å². The van der Waals surface area contributed by atoms with Crippen molar-refractivity contribution in [2.24, 2.45) is 0 Å². The molecule has 0 unspecified atom stereocenters. The Morgan fingerprint density at radius 1 is 1.29 bits per heavy atom. The number of thioether (sulfide) groups is 1. The van der Waals surface area contributed by atoms with Crippen LogP contribution in [0, 0.1) is 6.92 Å². The lowest BCUT2D eigenvalue weighted by molar-refractivity contribution is -0.118. The van der Waals surface area contributed by atoms with Crippen LogP contribution in [0.5, 0.6) is 0 Å². The summed E-state index contributed by atoms with van der Waals surface area (Å²) in [5.74, 6) is 0.221. The molecule has 0 aromatic heterocycles. The minimum Gasteiger partial charge on any atom is -0.383 e. The lowest BCUT2D eigenvalue weighted by Crippen LogP contribution is -2.29. The maximum Gasteiger partial charge on any atom is 0.234 e. The summed E-state index contributed by atoms with van der Waals surface area (Å²) in [6.07, 6.45) is 0. The van der Waals surface area contributed by atoms with Crippen molar-refractivity contribution in [3.63, 3.8) is 0 Å². The van der Waals surface area contributed by atoms with E-state index in [1.807, 2.05) is 6.92 Å². The predicted molar refractivity (Wildman–Crippen MR) is 87.0 cm³/mol. The van der Waals surface area contributed by atoms with Gasteiger partial charge in [0.1, 0.15) is 0 Å². The quantitative estimate of drug-likeness (QED) is 0.716. The maximum absolute atomic E-state index is 11.8. The number of hydrogen-bond acceptors (Lipinski definition) is 4. The smallest absolute Gasteiger partial charge is 0.234 e. The number of ether oxygens (including phenoxy) is 1. The van der Waals surface area contributed by atoms with Gasteiger partial charge in [-0.3, -0.25) is 9.59 Å². The molecule has 1 aromatic carbocycles. The third kappa shape index (κ3) is 7.36. The van der Waals surface area contributed by atoms with Crippen LogP contribution < -0.4 is 10.6 Å². The third-order valence-electron chi connectivity index (χ3n) is 2.56. The van der Waals surface area contributed by atoms with E-state index in [0.29, 0.717) is 18.2 Å². The Labute approximate surface area is 133 Å². The highest BCUT2D eigenvalue weighted by molar-refractivity contribution is 8.00. The van der Waals surface area contributed by atoms with E-state index >= 15 is 0 Å². The van der Waals surface area contributed by atoms with Gasteiger partial charge in [-0.15, -0.1) is 11.8 Å². The topological polar surface area (TPSA) is 67.4 Å². The minimum atomic E-state index is -0.143. The molecule has 0 aliphatic heterocycles. The van der Waals surface area contributed by atoms with E-state index in [9.17, 15) is 9.59 Å². The first-order chi connectivity index (χ1) is 10.0. The number of nitrogens with one attached hydrogen (secondary N) is 2. The molecule has 0 aliphatic carbocycles. The minimum absolute atomic E-state index is 0.104. The van der Waals surface area contributed by atoms with Gasteiger partial charge in [-0.25, -0.2) is 0 Å². The van der Waals surface area contributed by atoms with E-state index < -0.39 is 0 Å². The zero-order valence-corrected chi connectivity index (χ0v) is 13.6. The first-order valence-electron chi connectivity index (χ1n) is 6.42. The second-order valence-corrected chi connectivity index (χ2v) is 5.77. The van der Waals surface area contributed by atoms with Gasteiger partial charge in [0, 0.05) is 24.4 Å². The van der Waals surface area contributed by atoms with Crippen LogP contribution in [0.15, 0.2) is 18.2 Å². The molecule has 1 rings (SSSR count). The van der Waals surface area contributed by atoms with Gasteiger partial charge in [-0.1, -0.05) is 11.6 Å². The Bertz CT molecular complexity index is 497. The molecule has 0 atom stereocenters. The van der Waals surface area contributed by atoms with Crippen molar-refractivity contribution in [1.29, 1.82) is 0 Å². The van der Waals surface area contributed by atoms with E-state index in [2.05, 4.69) is 10.6 Å². The SMILES string of the molecule is COCCNC(=O)CSCC(=O)Nc1ccc(Cl)cc1C. The normalized spacial score (nSPS) is 10.2. The number of carbonyl (C=O) groups excluding carboxylic acids is 2. The van der Waals surface area contributed by atoms with Gasteiger partial charge < -0.3 is 15.4 Å². The lowest BCUT2D eigenvalue weighted by atomic mass is 10.2. The summed E-state index contributed by atoms with van der Waals surface area (Å²) >= 11 is 7.12. The van der Waals surface area contributed by atoms with Gasteiger partial charge in [0.2, 0.25) is 11.8 Å². The van der Waals surface area contributed by atoms with Crippen LogP contribution in [-0.4, -0.2) is 43.6 Å². The summed E-state index contributed by atoms with van der Waals surface area (Å²) in [7, 11) is 1.57. The molecule has 0 heterocycles. The molecule has 0 fully saturated rings. The number of halogens is 1. The number of methoxy groups -OCH3 is 1. The molecule has 0 saturated heterocycles. The Kier molecular flexibility index (Phi) is 8.19. The van der Waals surface area contributed by atoms with Crippen molar-refractivity contribution >= 4 is 40.9 Å². The Hall–Kier alpha value is -1.24. The van der Waals surface area contributed by atoms with Crippen LogP contribution in [0.3, 0.4) is 0 Å². The van der Waals surface area contributed by atoms with E-state index in [-0.39, 0.29) is 23.3 Å². The van der Waals surface area contributed by atoms with Gasteiger partial charge in [0.05, 0.1) is 18.1 Å². The Morgan fingerprint density at radius 3 is 2.67 bits per heavy atom. The number of benzene rings is 1. The highest BCUT2D eigenvalue weighted by atomic mass is 35.5. The number of carbonyl (C=O) groups is 2. The molecule has 2 amide bonds. The first kappa shape index (κ1) is 17.8. The average Bonchev–Trinajstić information content (AvgIpc) is 2.42. The molecular weight excluding hydrogens is 312 g/mol. The van der Waals surface area contributed by atoms with Gasteiger partial charge in [-0.2, -0.15) is 0 Å². The van der Waals surface area contributed by atoms with E-state index in [4.69, 9.17) is 16.3 Å². The molecule has 0 aliphatic rings. The molecule has 21 heavy (non-hydrogen) atoms. The zero-order chi connectivity index (χ0) is 15.7. The predicted octanol–water partition coefficient (Wildman–Crippen LogP) is 2.08. The van der Waals surface area contributed by atoms with E-state index in [0.717, 1.165) is 11.3 Å². The molecule has 1 aromatic rings. The second kappa shape index (κ2) is 9.65. The molecule has 0 radical (unpaired) electrons. The van der Waals surface area contributed by atoms with Crippen LogP contribution in [0.1, 0.15) is 5.56 Å². The van der Waals surface area contributed by atoms with Crippen LogP contribution in [-0.2, 0) is 14.3 Å². The number of anilines is 1. The van der Waals surface area contributed by atoms with E-state index in [1.165, 1.54) is 11.8 Å². The Morgan fingerprint density at radius 2 is 2.00 bits per heavy atom. The van der Waals surface area contributed by atoms with Crippen LogP contribution >= 0.6 is 23.4 Å². The van der Waals surface area contributed by atoms with Gasteiger partial charge in [-0.05, 0) is 30.7 Å². The summed E-state index contributed by atoms with van der Waals surface area (Å²) in [6.45, 7) is 2.83. The maximum atomic E-state index is 11.8. The molecular formula is C14H19ClN2O3S. The largest absolute Gasteiger partial charge is 0.383 e. The number of rotatable bonds is 8. The molecule has 5 nitrogen and oxygen atoms in total. The van der Waals surface area contributed by atoms with E-state index in [1.54, 1.807) is 25.3 Å². The summed E-state index contributed by atoms with van der Waals surface area (Å²) < 4.78 is 4.83.